The molecular weight excluding hydrogens is 264 g/mol. The number of amides is 1. The van der Waals surface area contributed by atoms with E-state index in [0.717, 1.165) is 5.56 Å². The van der Waals surface area contributed by atoms with E-state index in [2.05, 4.69) is 4.98 Å². The highest BCUT2D eigenvalue weighted by atomic mass is 35.5. The van der Waals surface area contributed by atoms with E-state index >= 15 is 0 Å². The second-order valence-electron chi connectivity index (χ2n) is 4.47. The number of rotatable bonds is 1. The van der Waals surface area contributed by atoms with Gasteiger partial charge in [0.05, 0.1) is 5.69 Å². The van der Waals surface area contributed by atoms with Crippen molar-refractivity contribution in [3.8, 4) is 0 Å². The van der Waals surface area contributed by atoms with E-state index in [1.807, 2.05) is 19.1 Å². The summed E-state index contributed by atoms with van der Waals surface area (Å²) < 4.78 is 0. The number of hydrogen-bond acceptors (Lipinski definition) is 3. The Kier molecular flexibility index (Phi) is 2.77. The molecule has 0 aliphatic carbocycles. The van der Waals surface area contributed by atoms with Gasteiger partial charge in [0, 0.05) is 22.8 Å². The maximum Gasteiger partial charge on any atom is 0.266 e. The Hall–Kier alpha value is -1.91. The van der Waals surface area contributed by atoms with E-state index in [1.54, 1.807) is 18.2 Å². The monoisotopic (exact) mass is 274 g/mol. The SMILES string of the molecule is Cc1ccc2c(c1)C(O)C(=O)N2c1cc(Cl)ccn1. The summed E-state index contributed by atoms with van der Waals surface area (Å²) in [5.74, 6) is 0.00881. The van der Waals surface area contributed by atoms with Crippen LogP contribution in [-0.4, -0.2) is 16.0 Å². The smallest absolute Gasteiger partial charge is 0.266 e. The standard InChI is InChI=1S/C14H11ClN2O2/c1-8-2-3-11-10(6-8)13(18)14(19)17(11)12-7-9(15)4-5-16-12/h2-7,13,18H,1H3. The number of aliphatic hydroxyl groups is 1. The summed E-state index contributed by atoms with van der Waals surface area (Å²) in [5.41, 5.74) is 2.25. The minimum atomic E-state index is -1.14. The Morgan fingerprint density at radius 1 is 1.32 bits per heavy atom. The second-order valence-corrected chi connectivity index (χ2v) is 4.91. The number of hydrogen-bond donors (Lipinski definition) is 1. The molecule has 0 spiro atoms. The minimum absolute atomic E-state index is 0.407. The molecule has 1 N–H and O–H groups in total. The first-order valence-electron chi connectivity index (χ1n) is 5.82. The molecular formula is C14H11ClN2O2. The summed E-state index contributed by atoms with van der Waals surface area (Å²) in [7, 11) is 0. The predicted octanol–water partition coefficient (Wildman–Crippen LogP) is 2.76. The summed E-state index contributed by atoms with van der Waals surface area (Å²) in [6.45, 7) is 1.91. The zero-order valence-electron chi connectivity index (χ0n) is 10.2. The van der Waals surface area contributed by atoms with Crippen LogP contribution in [0.15, 0.2) is 36.5 Å². The number of nitrogens with zero attached hydrogens (tertiary/aromatic N) is 2. The zero-order chi connectivity index (χ0) is 13.6. The molecule has 96 valence electrons. The van der Waals surface area contributed by atoms with Crippen LogP contribution in [0.3, 0.4) is 0 Å². The Morgan fingerprint density at radius 3 is 2.84 bits per heavy atom. The van der Waals surface area contributed by atoms with Gasteiger partial charge in [0.1, 0.15) is 5.82 Å². The lowest BCUT2D eigenvalue weighted by Gasteiger charge is -2.16. The highest BCUT2D eigenvalue weighted by Gasteiger charge is 2.37. The van der Waals surface area contributed by atoms with E-state index in [4.69, 9.17) is 11.6 Å². The molecule has 2 heterocycles. The van der Waals surface area contributed by atoms with Crippen molar-refractivity contribution in [2.75, 3.05) is 4.90 Å². The Balaban J connectivity index is 2.16. The molecule has 0 radical (unpaired) electrons. The molecule has 19 heavy (non-hydrogen) atoms. The normalized spacial score (nSPS) is 17.7. The van der Waals surface area contributed by atoms with Crippen molar-refractivity contribution in [3.63, 3.8) is 0 Å². The van der Waals surface area contributed by atoms with Crippen LogP contribution in [0.1, 0.15) is 17.2 Å². The molecule has 1 amide bonds. The van der Waals surface area contributed by atoms with Gasteiger partial charge in [0.15, 0.2) is 6.10 Å². The van der Waals surface area contributed by atoms with Crippen LogP contribution in [0.25, 0.3) is 0 Å². The van der Waals surface area contributed by atoms with Crippen molar-refractivity contribution >= 4 is 29.0 Å². The van der Waals surface area contributed by atoms with Crippen LogP contribution < -0.4 is 4.90 Å². The number of aryl methyl sites for hydroxylation is 1. The fourth-order valence-corrected chi connectivity index (χ4v) is 2.38. The average molecular weight is 275 g/mol. The van der Waals surface area contributed by atoms with Gasteiger partial charge in [0.25, 0.3) is 5.91 Å². The number of carbonyl (C=O) groups excluding carboxylic acids is 1. The van der Waals surface area contributed by atoms with Crippen LogP contribution in [0.5, 0.6) is 0 Å². The van der Waals surface area contributed by atoms with Gasteiger partial charge in [0.2, 0.25) is 0 Å². The lowest BCUT2D eigenvalue weighted by molar-refractivity contribution is -0.125. The number of pyridine rings is 1. The quantitative estimate of drug-likeness (QED) is 0.870. The predicted molar refractivity (Wildman–Crippen MR) is 72.5 cm³/mol. The fourth-order valence-electron chi connectivity index (χ4n) is 2.22. The molecule has 3 rings (SSSR count). The van der Waals surface area contributed by atoms with E-state index in [9.17, 15) is 9.90 Å². The van der Waals surface area contributed by atoms with Crippen LogP contribution in [0, 0.1) is 6.92 Å². The van der Waals surface area contributed by atoms with Crippen molar-refractivity contribution in [2.45, 2.75) is 13.0 Å². The van der Waals surface area contributed by atoms with Gasteiger partial charge in [-0.3, -0.25) is 9.69 Å². The van der Waals surface area contributed by atoms with Crippen LogP contribution >= 0.6 is 11.6 Å². The Morgan fingerprint density at radius 2 is 2.11 bits per heavy atom. The van der Waals surface area contributed by atoms with E-state index < -0.39 is 12.0 Å². The average Bonchev–Trinajstić information content (AvgIpc) is 2.62. The number of anilines is 2. The molecule has 0 saturated carbocycles. The third kappa shape index (κ3) is 1.89. The molecule has 1 aliphatic rings. The number of aromatic nitrogens is 1. The second kappa shape index (κ2) is 4.33. The van der Waals surface area contributed by atoms with Gasteiger partial charge < -0.3 is 5.11 Å². The molecule has 1 aliphatic heterocycles. The number of benzene rings is 1. The van der Waals surface area contributed by atoms with Crippen molar-refractivity contribution in [1.82, 2.24) is 4.98 Å². The summed E-state index contributed by atoms with van der Waals surface area (Å²) in [4.78, 5) is 17.7. The Bertz CT molecular complexity index is 672. The molecule has 1 unspecified atom stereocenters. The molecule has 1 aromatic heterocycles. The summed E-state index contributed by atoms with van der Waals surface area (Å²) in [6, 6.07) is 8.74. The summed E-state index contributed by atoms with van der Waals surface area (Å²) in [5, 5.41) is 10.5. The van der Waals surface area contributed by atoms with Crippen LogP contribution in [0.2, 0.25) is 5.02 Å². The fraction of sp³-hybridized carbons (Fsp3) is 0.143. The molecule has 5 heteroatoms. The molecule has 4 nitrogen and oxygen atoms in total. The summed E-state index contributed by atoms with van der Waals surface area (Å²) >= 11 is 5.92. The van der Waals surface area contributed by atoms with E-state index in [0.29, 0.717) is 22.1 Å². The van der Waals surface area contributed by atoms with Crippen molar-refractivity contribution in [3.05, 3.63) is 52.7 Å². The van der Waals surface area contributed by atoms with Crippen LogP contribution in [0.4, 0.5) is 11.5 Å². The van der Waals surface area contributed by atoms with Crippen LogP contribution in [-0.2, 0) is 4.79 Å². The number of halogens is 1. The maximum atomic E-state index is 12.2. The maximum absolute atomic E-state index is 12.2. The first-order valence-corrected chi connectivity index (χ1v) is 6.20. The highest BCUT2D eigenvalue weighted by molar-refractivity contribution is 6.31. The molecule has 2 aromatic rings. The molecule has 0 fully saturated rings. The van der Waals surface area contributed by atoms with Gasteiger partial charge in [-0.05, 0) is 19.1 Å². The largest absolute Gasteiger partial charge is 0.378 e. The first-order chi connectivity index (χ1) is 9.08. The lowest BCUT2D eigenvalue weighted by atomic mass is 10.1. The third-order valence-electron chi connectivity index (χ3n) is 3.11. The van der Waals surface area contributed by atoms with Gasteiger partial charge >= 0.3 is 0 Å². The summed E-state index contributed by atoms with van der Waals surface area (Å²) in [6.07, 6.45) is 0.388. The number of carbonyl (C=O) groups is 1. The highest BCUT2D eigenvalue weighted by Crippen LogP contribution is 2.40. The topological polar surface area (TPSA) is 53.4 Å². The van der Waals surface area contributed by atoms with Crippen molar-refractivity contribution < 1.29 is 9.90 Å². The van der Waals surface area contributed by atoms with Gasteiger partial charge in [-0.1, -0.05) is 29.3 Å². The minimum Gasteiger partial charge on any atom is -0.378 e. The molecule has 1 aromatic carbocycles. The Labute approximate surface area is 115 Å². The van der Waals surface area contributed by atoms with E-state index in [1.165, 1.54) is 11.1 Å². The van der Waals surface area contributed by atoms with Gasteiger partial charge in [-0.25, -0.2) is 4.98 Å². The zero-order valence-corrected chi connectivity index (χ0v) is 10.9. The first kappa shape index (κ1) is 12.1. The number of aliphatic hydroxyl groups excluding tert-OH is 1. The lowest BCUT2D eigenvalue weighted by Crippen LogP contribution is -2.24. The molecule has 0 saturated heterocycles. The van der Waals surface area contributed by atoms with E-state index in [-0.39, 0.29) is 0 Å². The van der Waals surface area contributed by atoms with Gasteiger partial charge in [-0.2, -0.15) is 0 Å². The number of fused-ring (bicyclic) bond motifs is 1. The van der Waals surface area contributed by atoms with Crippen molar-refractivity contribution in [2.24, 2.45) is 0 Å². The molecule has 1 atom stereocenters. The van der Waals surface area contributed by atoms with Gasteiger partial charge in [-0.15, -0.1) is 0 Å². The third-order valence-corrected chi connectivity index (χ3v) is 3.34. The van der Waals surface area contributed by atoms with Crippen molar-refractivity contribution in [1.29, 1.82) is 0 Å². The molecule has 0 bridgehead atoms.